The first kappa shape index (κ1) is 24.3. The minimum absolute atomic E-state index is 0.109. The summed E-state index contributed by atoms with van der Waals surface area (Å²) >= 11 is 0. The molecule has 0 amide bonds. The fourth-order valence-corrected chi connectivity index (χ4v) is 4.28. The first-order valence-corrected chi connectivity index (χ1v) is 12.1. The number of nitrogens with zero attached hydrogens (tertiary/aromatic N) is 1. The van der Waals surface area contributed by atoms with Crippen molar-refractivity contribution in [2.75, 3.05) is 6.54 Å². The second-order valence-electron chi connectivity index (χ2n) is 8.37. The lowest BCUT2D eigenvalue weighted by Crippen LogP contribution is -2.43. The molecule has 0 radical (unpaired) electrons. The van der Waals surface area contributed by atoms with Crippen molar-refractivity contribution < 1.29 is 0 Å². The van der Waals surface area contributed by atoms with Gasteiger partial charge in [-0.25, -0.2) is 0 Å². The van der Waals surface area contributed by atoms with Crippen LogP contribution in [0.15, 0.2) is 22.9 Å². The molecule has 0 spiro atoms. The summed E-state index contributed by atoms with van der Waals surface area (Å²) in [6, 6.07) is 0. The normalized spacial score (nSPS) is 17.6. The van der Waals surface area contributed by atoms with E-state index in [1.165, 1.54) is 96.3 Å². The van der Waals surface area contributed by atoms with Gasteiger partial charge in [-0.3, -0.25) is 0 Å². The summed E-state index contributed by atoms with van der Waals surface area (Å²) in [6.45, 7) is 10.1. The van der Waals surface area contributed by atoms with Crippen molar-refractivity contribution in [1.82, 2.24) is 4.90 Å². The molecule has 1 aliphatic rings. The van der Waals surface area contributed by atoms with Crippen molar-refractivity contribution >= 4 is 0 Å². The van der Waals surface area contributed by atoms with Gasteiger partial charge in [0.25, 0.3) is 0 Å². The van der Waals surface area contributed by atoms with Crippen LogP contribution < -0.4 is 5.73 Å². The van der Waals surface area contributed by atoms with Gasteiger partial charge in [0.1, 0.15) is 0 Å². The van der Waals surface area contributed by atoms with E-state index in [0.717, 1.165) is 6.54 Å². The molecule has 2 N–H and O–H groups in total. The molecule has 158 valence electrons. The molecule has 0 aromatic heterocycles. The van der Waals surface area contributed by atoms with Crippen molar-refractivity contribution in [2.24, 2.45) is 5.73 Å². The van der Waals surface area contributed by atoms with Gasteiger partial charge in [0.05, 0.1) is 6.17 Å². The van der Waals surface area contributed by atoms with Gasteiger partial charge in [0.2, 0.25) is 0 Å². The lowest BCUT2D eigenvalue weighted by molar-refractivity contribution is 0.309. The van der Waals surface area contributed by atoms with E-state index in [0.29, 0.717) is 0 Å². The van der Waals surface area contributed by atoms with Crippen molar-refractivity contribution in [1.29, 1.82) is 0 Å². The molecular weight excluding hydrogens is 328 g/mol. The van der Waals surface area contributed by atoms with Crippen LogP contribution in [0.25, 0.3) is 0 Å². The molecule has 1 aliphatic heterocycles. The molecule has 0 saturated carbocycles. The summed E-state index contributed by atoms with van der Waals surface area (Å²) in [6.07, 6.45) is 22.2. The number of rotatable bonds is 16. The SMILES string of the molecule is CCCCCCC1=CN(CC)C(N)C(CCCCCC)=C1CCCCCC. The highest BCUT2D eigenvalue weighted by molar-refractivity contribution is 5.40. The minimum Gasteiger partial charge on any atom is -0.359 e. The monoisotopic (exact) mass is 376 g/mol. The molecule has 0 aliphatic carbocycles. The highest BCUT2D eigenvalue weighted by Gasteiger charge is 2.25. The maximum absolute atomic E-state index is 6.73. The Labute approximate surface area is 170 Å². The Balaban J connectivity index is 2.90. The fourth-order valence-electron chi connectivity index (χ4n) is 4.28. The van der Waals surface area contributed by atoms with Crippen LogP contribution in [0.3, 0.4) is 0 Å². The van der Waals surface area contributed by atoms with Gasteiger partial charge in [-0.2, -0.15) is 0 Å². The molecule has 1 atom stereocenters. The summed E-state index contributed by atoms with van der Waals surface area (Å²) in [5.41, 5.74) is 11.6. The van der Waals surface area contributed by atoms with Crippen LogP contribution in [-0.4, -0.2) is 17.6 Å². The zero-order valence-electron chi connectivity index (χ0n) is 19.0. The second-order valence-corrected chi connectivity index (χ2v) is 8.37. The highest BCUT2D eigenvalue weighted by atomic mass is 15.2. The Hall–Kier alpha value is -0.760. The summed E-state index contributed by atoms with van der Waals surface area (Å²) < 4.78 is 0. The molecule has 27 heavy (non-hydrogen) atoms. The lowest BCUT2D eigenvalue weighted by atomic mass is 9.85. The van der Waals surface area contributed by atoms with Gasteiger partial charge in [-0.1, -0.05) is 78.6 Å². The molecule has 1 heterocycles. The quantitative estimate of drug-likeness (QED) is 0.280. The Bertz CT molecular complexity index is 436. The average molecular weight is 377 g/mol. The third-order valence-corrected chi connectivity index (χ3v) is 6.06. The number of nitrogens with two attached hydrogens (primary N) is 1. The van der Waals surface area contributed by atoms with Crippen molar-refractivity contribution in [2.45, 2.75) is 130 Å². The molecular formula is C25H48N2. The second kappa shape index (κ2) is 15.2. The van der Waals surface area contributed by atoms with Crippen LogP contribution in [0.4, 0.5) is 0 Å². The molecule has 2 heteroatoms. The predicted molar refractivity (Wildman–Crippen MR) is 122 cm³/mol. The Morgan fingerprint density at radius 1 is 0.704 bits per heavy atom. The lowest BCUT2D eigenvalue weighted by Gasteiger charge is -2.37. The number of hydrogen-bond donors (Lipinski definition) is 1. The first-order chi connectivity index (χ1) is 13.2. The predicted octanol–water partition coefficient (Wildman–Crippen LogP) is 7.70. The van der Waals surface area contributed by atoms with Crippen molar-refractivity contribution in [3.05, 3.63) is 22.9 Å². The van der Waals surface area contributed by atoms with Crippen LogP contribution in [0, 0.1) is 0 Å². The highest BCUT2D eigenvalue weighted by Crippen LogP contribution is 2.35. The maximum atomic E-state index is 6.73. The van der Waals surface area contributed by atoms with Gasteiger partial charge in [-0.15, -0.1) is 0 Å². The maximum Gasteiger partial charge on any atom is 0.0992 e. The summed E-state index contributed by atoms with van der Waals surface area (Å²) in [4.78, 5) is 2.39. The summed E-state index contributed by atoms with van der Waals surface area (Å²) in [5, 5.41) is 0. The molecule has 2 nitrogen and oxygen atoms in total. The first-order valence-electron chi connectivity index (χ1n) is 12.1. The van der Waals surface area contributed by atoms with Crippen LogP contribution in [-0.2, 0) is 0 Å². The van der Waals surface area contributed by atoms with Crippen LogP contribution in [0.2, 0.25) is 0 Å². The zero-order valence-corrected chi connectivity index (χ0v) is 19.0. The summed E-state index contributed by atoms with van der Waals surface area (Å²) in [7, 11) is 0. The van der Waals surface area contributed by atoms with Crippen molar-refractivity contribution in [3.8, 4) is 0 Å². The van der Waals surface area contributed by atoms with Crippen LogP contribution >= 0.6 is 0 Å². The van der Waals surface area contributed by atoms with Gasteiger partial charge < -0.3 is 10.6 Å². The molecule has 0 aromatic rings. The largest absolute Gasteiger partial charge is 0.359 e. The Kier molecular flexibility index (Phi) is 13.7. The van der Waals surface area contributed by atoms with E-state index < -0.39 is 0 Å². The topological polar surface area (TPSA) is 29.3 Å². The van der Waals surface area contributed by atoms with Crippen molar-refractivity contribution in [3.63, 3.8) is 0 Å². The molecule has 0 aromatic carbocycles. The third kappa shape index (κ3) is 8.85. The molecule has 1 rings (SSSR count). The molecule has 0 fully saturated rings. The van der Waals surface area contributed by atoms with E-state index in [1.807, 2.05) is 0 Å². The van der Waals surface area contributed by atoms with E-state index in [4.69, 9.17) is 5.73 Å². The van der Waals surface area contributed by atoms with Gasteiger partial charge >= 0.3 is 0 Å². The summed E-state index contributed by atoms with van der Waals surface area (Å²) in [5.74, 6) is 0. The van der Waals surface area contributed by atoms with Crippen LogP contribution in [0.1, 0.15) is 124 Å². The Morgan fingerprint density at radius 3 is 1.74 bits per heavy atom. The molecule has 0 bridgehead atoms. The molecule has 1 unspecified atom stereocenters. The smallest absolute Gasteiger partial charge is 0.0992 e. The number of allylic oxidation sites excluding steroid dienone is 2. The third-order valence-electron chi connectivity index (χ3n) is 6.06. The minimum atomic E-state index is 0.109. The zero-order chi connectivity index (χ0) is 19.9. The Morgan fingerprint density at radius 2 is 1.22 bits per heavy atom. The fraction of sp³-hybridized carbons (Fsp3) is 0.840. The van der Waals surface area contributed by atoms with E-state index in [1.54, 1.807) is 16.7 Å². The number of likely N-dealkylation sites (N-methyl/N-ethyl adjacent to an activating group) is 1. The van der Waals surface area contributed by atoms with E-state index in [-0.39, 0.29) is 6.17 Å². The standard InChI is InChI=1S/C25H48N2/c1-5-9-12-15-18-22-21-27(8-4)25(26)24(20-17-14-11-7-3)23(22)19-16-13-10-6-2/h21,25H,5-20,26H2,1-4H3. The van der Waals surface area contributed by atoms with E-state index in [2.05, 4.69) is 38.8 Å². The average Bonchev–Trinajstić information content (AvgIpc) is 2.68. The van der Waals surface area contributed by atoms with Gasteiger partial charge in [0, 0.05) is 12.7 Å². The number of hydrogen-bond acceptors (Lipinski definition) is 2. The number of unbranched alkanes of at least 4 members (excludes halogenated alkanes) is 9. The van der Waals surface area contributed by atoms with Gasteiger partial charge in [-0.05, 0) is 62.2 Å². The molecule has 0 saturated heterocycles. The van der Waals surface area contributed by atoms with Gasteiger partial charge in [0.15, 0.2) is 0 Å². The van der Waals surface area contributed by atoms with Crippen LogP contribution in [0.5, 0.6) is 0 Å². The van der Waals surface area contributed by atoms with E-state index >= 15 is 0 Å². The van der Waals surface area contributed by atoms with E-state index in [9.17, 15) is 0 Å².